The molecule has 3 heterocycles. The molecule has 0 unspecified atom stereocenters. The number of benzene rings is 2. The third-order valence-corrected chi connectivity index (χ3v) is 5.37. The van der Waals surface area contributed by atoms with E-state index in [1.807, 2.05) is 30.3 Å². The highest BCUT2D eigenvalue weighted by molar-refractivity contribution is 6.33. The lowest BCUT2D eigenvalue weighted by molar-refractivity contribution is 0.102. The van der Waals surface area contributed by atoms with E-state index in [1.54, 1.807) is 43.5 Å². The third kappa shape index (κ3) is 4.16. The van der Waals surface area contributed by atoms with Gasteiger partial charge in [-0.3, -0.25) is 4.79 Å². The predicted molar refractivity (Wildman–Crippen MR) is 121 cm³/mol. The molecule has 5 aromatic rings. The molecule has 0 radical (unpaired) electrons. The number of halogens is 1. The van der Waals surface area contributed by atoms with Crippen molar-refractivity contribution in [1.29, 1.82) is 0 Å². The van der Waals surface area contributed by atoms with Crippen LogP contribution in [0.3, 0.4) is 0 Å². The van der Waals surface area contributed by atoms with Crippen molar-refractivity contribution in [2.45, 2.75) is 13.3 Å². The number of carbonyl (C=O) groups is 1. The molecule has 0 atom stereocenters. The van der Waals surface area contributed by atoms with Gasteiger partial charge in [-0.25, -0.2) is 0 Å². The SMILES string of the molecule is Cc1onc(-c2ccccc2Cl)c1C(=O)Nc1ccccc1Cc1nc(-c2ccco2)no1. The molecule has 0 spiro atoms. The maximum atomic E-state index is 13.2. The topological polar surface area (TPSA) is 107 Å². The van der Waals surface area contributed by atoms with Gasteiger partial charge in [-0.15, -0.1) is 0 Å². The van der Waals surface area contributed by atoms with E-state index in [2.05, 4.69) is 20.6 Å². The average Bonchev–Trinajstić information content (AvgIpc) is 3.56. The maximum absolute atomic E-state index is 13.2. The molecule has 5 rings (SSSR count). The summed E-state index contributed by atoms with van der Waals surface area (Å²) in [5, 5.41) is 11.4. The van der Waals surface area contributed by atoms with Gasteiger partial charge in [0.25, 0.3) is 5.91 Å². The van der Waals surface area contributed by atoms with Gasteiger partial charge in [-0.1, -0.05) is 58.3 Å². The minimum atomic E-state index is -0.363. The number of hydrogen-bond acceptors (Lipinski definition) is 7. The second-order valence-corrected chi connectivity index (χ2v) is 7.63. The standard InChI is InChI=1S/C24H17ClN4O4/c1-14-21(22(28-32-14)16-8-3-4-9-17(16)25)24(30)26-18-10-5-2-7-15(18)13-20-27-23(29-33-20)19-11-6-12-31-19/h2-12H,13H2,1H3,(H,26,30). The van der Waals surface area contributed by atoms with Gasteiger partial charge in [0.05, 0.1) is 17.7 Å². The molecule has 9 heteroatoms. The van der Waals surface area contributed by atoms with Crippen molar-refractivity contribution in [3.05, 3.63) is 94.7 Å². The van der Waals surface area contributed by atoms with Crippen LogP contribution in [-0.2, 0) is 6.42 Å². The van der Waals surface area contributed by atoms with Crippen LogP contribution < -0.4 is 5.32 Å². The van der Waals surface area contributed by atoms with E-state index >= 15 is 0 Å². The molecule has 0 fully saturated rings. The molecule has 1 N–H and O–H groups in total. The van der Waals surface area contributed by atoms with Gasteiger partial charge in [0.15, 0.2) is 5.76 Å². The summed E-state index contributed by atoms with van der Waals surface area (Å²) in [5.41, 5.74) is 2.72. The van der Waals surface area contributed by atoms with Crippen LogP contribution in [0.2, 0.25) is 5.02 Å². The summed E-state index contributed by atoms with van der Waals surface area (Å²) in [6.45, 7) is 1.68. The van der Waals surface area contributed by atoms with Gasteiger partial charge in [0.2, 0.25) is 11.7 Å². The van der Waals surface area contributed by atoms with Gasteiger partial charge in [-0.05, 0) is 36.8 Å². The lowest BCUT2D eigenvalue weighted by Gasteiger charge is -2.10. The van der Waals surface area contributed by atoms with Crippen molar-refractivity contribution in [1.82, 2.24) is 15.3 Å². The van der Waals surface area contributed by atoms with Crippen LogP contribution in [0.1, 0.15) is 27.6 Å². The first-order valence-electron chi connectivity index (χ1n) is 10.1. The summed E-state index contributed by atoms with van der Waals surface area (Å²) >= 11 is 6.32. The molecule has 0 aliphatic rings. The fourth-order valence-electron chi connectivity index (χ4n) is 3.45. The number of aromatic nitrogens is 3. The molecular weight excluding hydrogens is 444 g/mol. The maximum Gasteiger partial charge on any atom is 0.261 e. The van der Waals surface area contributed by atoms with Gasteiger partial charge >= 0.3 is 0 Å². The largest absolute Gasteiger partial charge is 0.461 e. The zero-order chi connectivity index (χ0) is 22.8. The minimum Gasteiger partial charge on any atom is -0.461 e. The first-order valence-corrected chi connectivity index (χ1v) is 10.4. The molecule has 2 aromatic carbocycles. The van der Waals surface area contributed by atoms with Crippen molar-refractivity contribution in [2.75, 3.05) is 5.32 Å². The number of amides is 1. The lowest BCUT2D eigenvalue weighted by atomic mass is 10.0. The Morgan fingerprint density at radius 1 is 1.00 bits per heavy atom. The Bertz CT molecular complexity index is 1420. The van der Waals surface area contributed by atoms with Crippen LogP contribution in [-0.4, -0.2) is 21.2 Å². The second-order valence-electron chi connectivity index (χ2n) is 7.22. The third-order valence-electron chi connectivity index (χ3n) is 5.04. The highest BCUT2D eigenvalue weighted by atomic mass is 35.5. The molecule has 0 aliphatic carbocycles. The molecule has 3 aromatic heterocycles. The Morgan fingerprint density at radius 3 is 2.64 bits per heavy atom. The molecule has 0 bridgehead atoms. The molecule has 0 saturated heterocycles. The second kappa shape index (κ2) is 8.76. The highest BCUT2D eigenvalue weighted by Gasteiger charge is 2.24. The van der Waals surface area contributed by atoms with E-state index in [9.17, 15) is 4.79 Å². The number of rotatable bonds is 6. The first-order chi connectivity index (χ1) is 16.1. The number of nitrogens with zero attached hydrogens (tertiary/aromatic N) is 3. The Labute approximate surface area is 193 Å². The van der Waals surface area contributed by atoms with Crippen molar-refractivity contribution < 1.29 is 18.3 Å². The summed E-state index contributed by atoms with van der Waals surface area (Å²) in [4.78, 5) is 17.6. The number of anilines is 1. The van der Waals surface area contributed by atoms with E-state index in [0.717, 1.165) is 5.56 Å². The Kier molecular flexibility index (Phi) is 5.50. The molecule has 8 nitrogen and oxygen atoms in total. The Hall–Kier alpha value is -4.17. The molecule has 0 aliphatic heterocycles. The van der Waals surface area contributed by atoms with Gasteiger partial charge in [-0.2, -0.15) is 4.98 Å². The first kappa shape index (κ1) is 20.7. The normalized spacial score (nSPS) is 11.0. The predicted octanol–water partition coefficient (Wildman–Crippen LogP) is 5.79. The minimum absolute atomic E-state index is 0.316. The van der Waals surface area contributed by atoms with E-state index in [0.29, 0.717) is 57.2 Å². The number of nitrogens with one attached hydrogen (secondary N) is 1. The van der Waals surface area contributed by atoms with Crippen LogP contribution in [0.4, 0.5) is 5.69 Å². The Morgan fingerprint density at radius 2 is 1.82 bits per heavy atom. The van der Waals surface area contributed by atoms with E-state index in [1.165, 1.54) is 0 Å². The number of hydrogen-bond donors (Lipinski definition) is 1. The number of furan rings is 1. The summed E-state index contributed by atoms with van der Waals surface area (Å²) in [5.74, 6) is 1.29. The van der Waals surface area contributed by atoms with Crippen molar-refractivity contribution >= 4 is 23.2 Å². The lowest BCUT2D eigenvalue weighted by Crippen LogP contribution is -2.15. The van der Waals surface area contributed by atoms with Crippen LogP contribution in [0.15, 0.2) is 80.4 Å². The monoisotopic (exact) mass is 460 g/mol. The van der Waals surface area contributed by atoms with Crippen LogP contribution in [0, 0.1) is 6.92 Å². The zero-order valence-corrected chi connectivity index (χ0v) is 18.2. The number of carbonyl (C=O) groups excluding carboxylic acids is 1. The van der Waals surface area contributed by atoms with Gasteiger partial charge in [0.1, 0.15) is 17.0 Å². The van der Waals surface area contributed by atoms with E-state index in [-0.39, 0.29) is 5.91 Å². The molecule has 33 heavy (non-hydrogen) atoms. The van der Waals surface area contributed by atoms with Crippen LogP contribution in [0.5, 0.6) is 0 Å². The smallest absolute Gasteiger partial charge is 0.261 e. The number of aryl methyl sites for hydroxylation is 1. The molecule has 1 amide bonds. The fourth-order valence-corrected chi connectivity index (χ4v) is 3.68. The quantitative estimate of drug-likeness (QED) is 0.341. The van der Waals surface area contributed by atoms with Crippen LogP contribution in [0.25, 0.3) is 22.8 Å². The zero-order valence-electron chi connectivity index (χ0n) is 17.4. The summed E-state index contributed by atoms with van der Waals surface area (Å²) < 4.78 is 16.0. The summed E-state index contributed by atoms with van der Waals surface area (Å²) in [6.07, 6.45) is 1.87. The molecule has 0 saturated carbocycles. The highest BCUT2D eigenvalue weighted by Crippen LogP contribution is 2.32. The fraction of sp³-hybridized carbons (Fsp3) is 0.0833. The van der Waals surface area contributed by atoms with Crippen LogP contribution >= 0.6 is 11.6 Å². The van der Waals surface area contributed by atoms with Gasteiger partial charge < -0.3 is 18.8 Å². The summed E-state index contributed by atoms with van der Waals surface area (Å²) in [6, 6.07) is 18.0. The van der Waals surface area contributed by atoms with Crippen molar-refractivity contribution in [3.8, 4) is 22.8 Å². The van der Waals surface area contributed by atoms with Crippen molar-refractivity contribution in [3.63, 3.8) is 0 Å². The van der Waals surface area contributed by atoms with E-state index in [4.69, 9.17) is 25.1 Å². The summed E-state index contributed by atoms with van der Waals surface area (Å²) in [7, 11) is 0. The Balaban J connectivity index is 1.41. The van der Waals surface area contributed by atoms with Gasteiger partial charge in [0, 0.05) is 11.3 Å². The molecule has 164 valence electrons. The molecular formula is C24H17ClN4O4. The average molecular weight is 461 g/mol. The van der Waals surface area contributed by atoms with E-state index < -0.39 is 0 Å². The number of para-hydroxylation sites is 1. The van der Waals surface area contributed by atoms with Crippen molar-refractivity contribution in [2.24, 2.45) is 0 Å².